The van der Waals surface area contributed by atoms with Crippen molar-refractivity contribution in [3.63, 3.8) is 0 Å². The molecule has 0 spiro atoms. The van der Waals surface area contributed by atoms with Gasteiger partial charge in [-0.3, -0.25) is 9.59 Å². The fourth-order valence-electron chi connectivity index (χ4n) is 3.54. The van der Waals surface area contributed by atoms with Gasteiger partial charge in [0, 0.05) is 43.7 Å². The Kier molecular flexibility index (Phi) is 7.46. The quantitative estimate of drug-likeness (QED) is 0.666. The molecule has 0 aliphatic carbocycles. The lowest BCUT2D eigenvalue weighted by molar-refractivity contribution is -0.137. The third kappa shape index (κ3) is 6.38. The van der Waals surface area contributed by atoms with Crippen molar-refractivity contribution in [2.75, 3.05) is 45.1 Å². The lowest BCUT2D eigenvalue weighted by Gasteiger charge is -2.32. The van der Waals surface area contributed by atoms with E-state index in [-0.39, 0.29) is 11.3 Å². The first kappa shape index (κ1) is 23.0. The number of likely N-dealkylation sites (N-methyl/N-ethyl adjacent to an activating group) is 1. The first-order valence-electron chi connectivity index (χ1n) is 10.3. The van der Waals surface area contributed by atoms with Crippen LogP contribution in [0.1, 0.15) is 39.1 Å². The number of piperazine rings is 1. The van der Waals surface area contributed by atoms with E-state index < -0.39 is 17.6 Å². The van der Waals surface area contributed by atoms with Crippen molar-refractivity contribution >= 4 is 17.4 Å². The van der Waals surface area contributed by atoms with E-state index in [1.54, 1.807) is 24.3 Å². The summed E-state index contributed by atoms with van der Waals surface area (Å²) < 4.78 is 38.8. The Morgan fingerprint density at radius 1 is 1.00 bits per heavy atom. The molecule has 31 heavy (non-hydrogen) atoms. The van der Waals surface area contributed by atoms with E-state index in [1.807, 2.05) is 0 Å². The summed E-state index contributed by atoms with van der Waals surface area (Å²) in [5.41, 5.74) is -0.351. The molecular formula is C23H26F3N3O2. The van der Waals surface area contributed by atoms with Crippen LogP contribution in [0.5, 0.6) is 0 Å². The molecule has 0 atom stereocenters. The van der Waals surface area contributed by atoms with Crippen LogP contribution in [0.15, 0.2) is 48.5 Å². The zero-order valence-electron chi connectivity index (χ0n) is 17.4. The van der Waals surface area contributed by atoms with Gasteiger partial charge < -0.3 is 15.1 Å². The summed E-state index contributed by atoms with van der Waals surface area (Å²) in [4.78, 5) is 29.8. The van der Waals surface area contributed by atoms with Gasteiger partial charge in [0.1, 0.15) is 0 Å². The smallest absolute Gasteiger partial charge is 0.321 e. The summed E-state index contributed by atoms with van der Waals surface area (Å²) in [5.74, 6) is -0.794. The van der Waals surface area contributed by atoms with E-state index in [0.717, 1.165) is 44.9 Å². The largest absolute Gasteiger partial charge is 0.416 e. The second kappa shape index (κ2) is 10.1. The molecule has 1 aliphatic rings. The zero-order chi connectivity index (χ0) is 22.4. The summed E-state index contributed by atoms with van der Waals surface area (Å²) in [5, 5.41) is 2.59. The van der Waals surface area contributed by atoms with Crippen LogP contribution >= 0.6 is 0 Å². The maximum absolute atomic E-state index is 12.9. The predicted octanol–water partition coefficient (Wildman–Crippen LogP) is 4.17. The highest BCUT2D eigenvalue weighted by atomic mass is 19.4. The average molecular weight is 433 g/mol. The fourth-order valence-corrected chi connectivity index (χ4v) is 3.54. The molecular weight excluding hydrogens is 407 g/mol. The first-order chi connectivity index (χ1) is 14.7. The van der Waals surface area contributed by atoms with Gasteiger partial charge in [0.15, 0.2) is 5.78 Å². The monoisotopic (exact) mass is 433 g/mol. The highest BCUT2D eigenvalue weighted by molar-refractivity contribution is 6.09. The number of nitrogens with zero attached hydrogens (tertiary/aromatic N) is 2. The van der Waals surface area contributed by atoms with E-state index >= 15 is 0 Å². The Hall–Kier alpha value is -2.71. The van der Waals surface area contributed by atoms with Gasteiger partial charge in [-0.1, -0.05) is 18.2 Å². The Balaban J connectivity index is 1.62. The number of anilines is 1. The molecule has 3 rings (SSSR count). The van der Waals surface area contributed by atoms with Crippen molar-refractivity contribution in [1.82, 2.24) is 9.80 Å². The number of carbonyl (C=O) groups excluding carboxylic acids is 2. The number of para-hydroxylation sites is 1. The molecule has 0 bridgehead atoms. The van der Waals surface area contributed by atoms with Gasteiger partial charge in [-0.2, -0.15) is 13.2 Å². The highest BCUT2D eigenvalue weighted by Gasteiger charge is 2.31. The van der Waals surface area contributed by atoms with Crippen LogP contribution in [0.25, 0.3) is 0 Å². The van der Waals surface area contributed by atoms with Gasteiger partial charge in [-0.05, 0) is 50.3 Å². The van der Waals surface area contributed by atoms with Gasteiger partial charge in [0.25, 0.3) is 5.91 Å². The molecule has 1 saturated heterocycles. The summed E-state index contributed by atoms with van der Waals surface area (Å²) in [6, 6.07) is 10.8. The summed E-state index contributed by atoms with van der Waals surface area (Å²) in [7, 11) is 2.09. The Labute approximate surface area is 179 Å². The number of halogens is 3. The molecule has 1 fully saturated rings. The summed E-state index contributed by atoms with van der Waals surface area (Å²) in [6.45, 7) is 4.82. The number of Topliss-reactive ketones (excluding diaryl/α,β-unsaturated/α-hetero) is 1. The molecule has 0 unspecified atom stereocenters. The van der Waals surface area contributed by atoms with E-state index in [4.69, 9.17) is 0 Å². The van der Waals surface area contributed by atoms with Gasteiger partial charge in [-0.25, -0.2) is 0 Å². The molecule has 2 aromatic rings. The molecule has 1 aliphatic heterocycles. The maximum Gasteiger partial charge on any atom is 0.416 e. The third-order valence-electron chi connectivity index (χ3n) is 5.40. The minimum absolute atomic E-state index is 0.103. The Morgan fingerprint density at radius 3 is 2.42 bits per heavy atom. The van der Waals surface area contributed by atoms with Crippen molar-refractivity contribution < 1.29 is 22.8 Å². The molecule has 8 heteroatoms. The number of amides is 1. The predicted molar refractivity (Wildman–Crippen MR) is 113 cm³/mol. The summed E-state index contributed by atoms with van der Waals surface area (Å²) in [6.07, 6.45) is -3.49. The molecule has 0 aromatic heterocycles. The van der Waals surface area contributed by atoms with E-state index in [0.29, 0.717) is 24.1 Å². The summed E-state index contributed by atoms with van der Waals surface area (Å²) >= 11 is 0. The lowest BCUT2D eigenvalue weighted by Crippen LogP contribution is -2.44. The van der Waals surface area contributed by atoms with Crippen LogP contribution in [-0.4, -0.2) is 61.3 Å². The van der Waals surface area contributed by atoms with Crippen LogP contribution in [0.2, 0.25) is 0 Å². The van der Waals surface area contributed by atoms with Crippen molar-refractivity contribution in [2.45, 2.75) is 19.0 Å². The Morgan fingerprint density at radius 2 is 1.71 bits per heavy atom. The number of rotatable bonds is 7. The Bertz CT molecular complexity index is 922. The van der Waals surface area contributed by atoms with Gasteiger partial charge >= 0.3 is 6.18 Å². The topological polar surface area (TPSA) is 52.6 Å². The van der Waals surface area contributed by atoms with Gasteiger partial charge in [-0.15, -0.1) is 0 Å². The SMILES string of the molecule is CN1CCN(CCCC(=O)c2ccccc2NC(=O)c2cccc(C(F)(F)F)c2)CC1. The minimum Gasteiger partial charge on any atom is -0.321 e. The average Bonchev–Trinajstić information content (AvgIpc) is 2.75. The second-order valence-corrected chi connectivity index (χ2v) is 7.75. The first-order valence-corrected chi connectivity index (χ1v) is 10.3. The van der Waals surface area contributed by atoms with Gasteiger partial charge in [0.05, 0.1) is 11.3 Å². The van der Waals surface area contributed by atoms with Crippen molar-refractivity contribution in [2.24, 2.45) is 0 Å². The molecule has 1 amide bonds. The normalized spacial score (nSPS) is 15.6. The fraction of sp³-hybridized carbons (Fsp3) is 0.391. The zero-order valence-corrected chi connectivity index (χ0v) is 17.4. The number of ketones is 1. The standard InChI is InChI=1S/C23H26F3N3O2/c1-28-12-14-29(15-13-28)11-5-10-21(30)19-8-2-3-9-20(19)27-22(31)17-6-4-7-18(16-17)23(24,25)26/h2-4,6-9,16H,5,10-15H2,1H3,(H,27,31). The number of alkyl halides is 3. The van der Waals surface area contributed by atoms with Crippen molar-refractivity contribution in [3.05, 3.63) is 65.2 Å². The molecule has 0 radical (unpaired) electrons. The second-order valence-electron chi connectivity index (χ2n) is 7.75. The molecule has 5 nitrogen and oxygen atoms in total. The molecule has 2 aromatic carbocycles. The van der Waals surface area contributed by atoms with Crippen molar-refractivity contribution in [1.29, 1.82) is 0 Å². The van der Waals surface area contributed by atoms with Gasteiger partial charge in [0.2, 0.25) is 0 Å². The van der Waals surface area contributed by atoms with E-state index in [1.165, 1.54) is 12.1 Å². The number of hydrogen-bond acceptors (Lipinski definition) is 4. The van der Waals surface area contributed by atoms with Crippen LogP contribution in [0, 0.1) is 0 Å². The molecule has 1 heterocycles. The molecule has 0 saturated carbocycles. The maximum atomic E-state index is 12.9. The van der Waals surface area contributed by atoms with E-state index in [9.17, 15) is 22.8 Å². The number of benzene rings is 2. The van der Waals surface area contributed by atoms with Crippen LogP contribution in [0.4, 0.5) is 18.9 Å². The van der Waals surface area contributed by atoms with Crippen LogP contribution < -0.4 is 5.32 Å². The minimum atomic E-state index is -4.53. The number of carbonyl (C=O) groups is 2. The molecule has 166 valence electrons. The number of hydrogen-bond donors (Lipinski definition) is 1. The van der Waals surface area contributed by atoms with Crippen molar-refractivity contribution in [3.8, 4) is 0 Å². The van der Waals surface area contributed by atoms with E-state index in [2.05, 4.69) is 22.2 Å². The third-order valence-corrected chi connectivity index (χ3v) is 5.40. The van der Waals surface area contributed by atoms with Crippen LogP contribution in [-0.2, 0) is 6.18 Å². The lowest BCUT2D eigenvalue weighted by atomic mass is 10.0. The number of nitrogens with one attached hydrogen (secondary N) is 1. The van der Waals surface area contributed by atoms with Crippen LogP contribution in [0.3, 0.4) is 0 Å². The highest BCUT2D eigenvalue weighted by Crippen LogP contribution is 2.30. The molecule has 1 N–H and O–H groups in total.